The third-order valence-corrected chi connectivity index (χ3v) is 6.44. The van der Waals surface area contributed by atoms with Crippen molar-refractivity contribution in [3.63, 3.8) is 0 Å². The molecule has 1 aromatic carbocycles. The molecule has 1 aliphatic carbocycles. The van der Waals surface area contributed by atoms with Gasteiger partial charge in [-0.15, -0.1) is 0 Å². The Morgan fingerprint density at radius 2 is 2.00 bits per heavy atom. The Morgan fingerprint density at radius 1 is 1.26 bits per heavy atom. The van der Waals surface area contributed by atoms with Crippen LogP contribution in [0, 0.1) is 11.7 Å². The number of carbonyl (C=O) groups excluding carboxylic acids is 1. The van der Waals surface area contributed by atoms with Gasteiger partial charge in [0.05, 0.1) is 12.7 Å². The zero-order chi connectivity index (χ0) is 22.0. The second kappa shape index (κ2) is 9.20. The molecule has 4 rings (SSSR count). The lowest BCUT2D eigenvalue weighted by Crippen LogP contribution is -2.27. The number of hydrogen-bond donors (Lipinski definition) is 0. The number of rotatable bonds is 8. The number of anilines is 2. The molecule has 1 unspecified atom stereocenters. The van der Waals surface area contributed by atoms with Crippen LogP contribution in [0.4, 0.5) is 16.2 Å². The van der Waals surface area contributed by atoms with Gasteiger partial charge in [-0.05, 0) is 23.6 Å². The predicted molar refractivity (Wildman–Crippen MR) is 119 cm³/mol. The van der Waals surface area contributed by atoms with E-state index >= 15 is 0 Å². The van der Waals surface area contributed by atoms with E-state index in [4.69, 9.17) is 4.74 Å². The van der Waals surface area contributed by atoms with E-state index in [1.165, 1.54) is 25.5 Å². The fourth-order valence-corrected chi connectivity index (χ4v) is 4.17. The first-order valence-corrected chi connectivity index (χ1v) is 11.1. The minimum atomic E-state index is -0.420. The fraction of sp³-hybridized carbons (Fsp3) is 0.542. The number of halogens is 1. The number of ketones is 1. The maximum absolute atomic E-state index is 14.3. The van der Waals surface area contributed by atoms with Gasteiger partial charge in [0.2, 0.25) is 5.95 Å². The number of carbonyl (C=O) groups is 1. The lowest BCUT2D eigenvalue weighted by Gasteiger charge is -2.25. The zero-order valence-electron chi connectivity index (χ0n) is 18.6. The maximum Gasteiger partial charge on any atom is 0.226 e. The number of Topliss-reactive ketones (excluding diaryl/α,β-unsaturated/α-hetero) is 1. The molecule has 31 heavy (non-hydrogen) atoms. The normalized spacial score (nSPS) is 19.7. The Morgan fingerprint density at radius 3 is 2.65 bits per heavy atom. The molecule has 1 saturated heterocycles. The number of nitrogens with zero attached hydrogens (tertiary/aromatic N) is 4. The third-order valence-electron chi connectivity index (χ3n) is 6.44. The molecule has 1 aromatic heterocycles. The fourth-order valence-electron chi connectivity index (χ4n) is 4.17. The molecule has 166 valence electrons. The standard InChI is InChI=1S/C24H31FN4O2/c1-16(22(30)13-17-5-4-6-17)18-7-9-19(10-8-18)31-20-11-12-29(15-20)23-21(25)14-26-24(27-23)28(2)3/h7-10,14,16-17,20H,4-6,11-13,15H2,1-3H3/t16?,20-/m1/s1. The number of aromatic nitrogens is 2. The molecular weight excluding hydrogens is 395 g/mol. The number of hydrogen-bond acceptors (Lipinski definition) is 6. The first kappa shape index (κ1) is 21.5. The van der Waals surface area contributed by atoms with E-state index in [9.17, 15) is 9.18 Å². The molecule has 2 aromatic rings. The predicted octanol–water partition coefficient (Wildman–Crippen LogP) is 4.20. The van der Waals surface area contributed by atoms with Gasteiger partial charge in [-0.2, -0.15) is 4.98 Å². The van der Waals surface area contributed by atoms with E-state index in [1.54, 1.807) is 4.90 Å². The van der Waals surface area contributed by atoms with Gasteiger partial charge in [0.15, 0.2) is 11.6 Å². The SMILES string of the molecule is CC(C(=O)CC1CCC1)c1ccc(O[C@@H]2CCN(c3nc(N(C)C)ncc3F)C2)cc1. The van der Waals surface area contributed by atoms with Crippen LogP contribution in [0.2, 0.25) is 0 Å². The lowest BCUT2D eigenvalue weighted by atomic mass is 9.79. The molecule has 2 aliphatic rings. The summed E-state index contributed by atoms with van der Waals surface area (Å²) in [4.78, 5) is 24.5. The quantitative estimate of drug-likeness (QED) is 0.631. The van der Waals surface area contributed by atoms with Crippen LogP contribution < -0.4 is 14.5 Å². The smallest absolute Gasteiger partial charge is 0.226 e. The summed E-state index contributed by atoms with van der Waals surface area (Å²) in [5.74, 6) is 1.99. The van der Waals surface area contributed by atoms with E-state index in [-0.39, 0.29) is 12.0 Å². The van der Waals surface area contributed by atoms with Crippen molar-refractivity contribution in [1.29, 1.82) is 0 Å². The first-order chi connectivity index (χ1) is 14.9. The highest BCUT2D eigenvalue weighted by Crippen LogP contribution is 2.32. The number of ether oxygens (including phenoxy) is 1. The molecule has 7 heteroatoms. The maximum atomic E-state index is 14.3. The van der Waals surface area contributed by atoms with Crippen molar-refractivity contribution in [2.24, 2.45) is 5.92 Å². The molecule has 1 saturated carbocycles. The van der Waals surface area contributed by atoms with Gasteiger partial charge in [0.25, 0.3) is 0 Å². The molecule has 0 spiro atoms. The molecule has 6 nitrogen and oxygen atoms in total. The van der Waals surface area contributed by atoms with Crippen molar-refractivity contribution in [3.8, 4) is 5.75 Å². The van der Waals surface area contributed by atoms with E-state index in [1.807, 2.05) is 50.2 Å². The highest BCUT2D eigenvalue weighted by atomic mass is 19.1. The average molecular weight is 427 g/mol. The highest BCUT2D eigenvalue weighted by molar-refractivity contribution is 5.85. The molecule has 0 radical (unpaired) electrons. The molecule has 0 N–H and O–H groups in total. The minimum absolute atomic E-state index is 0.0410. The topological polar surface area (TPSA) is 58.6 Å². The van der Waals surface area contributed by atoms with Crippen molar-refractivity contribution in [1.82, 2.24) is 9.97 Å². The summed E-state index contributed by atoms with van der Waals surface area (Å²) in [5.41, 5.74) is 1.03. The third kappa shape index (κ3) is 4.97. The summed E-state index contributed by atoms with van der Waals surface area (Å²) < 4.78 is 20.4. The summed E-state index contributed by atoms with van der Waals surface area (Å²) in [7, 11) is 3.66. The molecule has 2 atom stereocenters. The average Bonchev–Trinajstić information content (AvgIpc) is 3.19. The van der Waals surface area contributed by atoms with Gasteiger partial charge < -0.3 is 14.5 Å². The molecule has 2 heterocycles. The summed E-state index contributed by atoms with van der Waals surface area (Å²) >= 11 is 0. The molecule has 0 amide bonds. The van der Waals surface area contributed by atoms with E-state index in [0.717, 1.165) is 17.7 Å². The summed E-state index contributed by atoms with van der Waals surface area (Å²) in [6, 6.07) is 7.83. The van der Waals surface area contributed by atoms with Crippen LogP contribution in [0.3, 0.4) is 0 Å². The van der Waals surface area contributed by atoms with E-state index < -0.39 is 5.82 Å². The largest absolute Gasteiger partial charge is 0.489 e. The Labute approximate surface area is 183 Å². The van der Waals surface area contributed by atoms with Crippen LogP contribution in [-0.4, -0.2) is 49.0 Å². The second-order valence-electron chi connectivity index (χ2n) is 8.97. The molecular formula is C24H31FN4O2. The molecule has 1 aliphatic heterocycles. The van der Waals surface area contributed by atoms with Crippen molar-refractivity contribution in [2.75, 3.05) is 37.0 Å². The lowest BCUT2D eigenvalue weighted by molar-refractivity contribution is -0.121. The zero-order valence-corrected chi connectivity index (χ0v) is 18.6. The molecule has 0 bridgehead atoms. The van der Waals surface area contributed by atoms with Crippen molar-refractivity contribution in [2.45, 2.75) is 51.0 Å². The Balaban J connectivity index is 1.34. The van der Waals surface area contributed by atoms with E-state index in [2.05, 4.69) is 9.97 Å². The van der Waals surface area contributed by atoms with Crippen molar-refractivity contribution >= 4 is 17.5 Å². The first-order valence-electron chi connectivity index (χ1n) is 11.1. The van der Waals surface area contributed by atoms with Gasteiger partial charge in [0.1, 0.15) is 17.6 Å². The Kier molecular flexibility index (Phi) is 6.39. The van der Waals surface area contributed by atoms with Crippen LogP contribution in [-0.2, 0) is 4.79 Å². The van der Waals surface area contributed by atoms with Gasteiger partial charge in [-0.3, -0.25) is 4.79 Å². The van der Waals surface area contributed by atoms with Crippen molar-refractivity contribution in [3.05, 3.63) is 41.8 Å². The highest BCUT2D eigenvalue weighted by Gasteiger charge is 2.28. The van der Waals surface area contributed by atoms with Crippen LogP contribution >= 0.6 is 0 Å². The van der Waals surface area contributed by atoms with Crippen LogP contribution in [0.1, 0.15) is 50.5 Å². The van der Waals surface area contributed by atoms with Gasteiger partial charge in [0, 0.05) is 39.4 Å². The van der Waals surface area contributed by atoms with Gasteiger partial charge >= 0.3 is 0 Å². The van der Waals surface area contributed by atoms with Gasteiger partial charge in [-0.1, -0.05) is 38.3 Å². The summed E-state index contributed by atoms with van der Waals surface area (Å²) in [5, 5.41) is 0. The minimum Gasteiger partial charge on any atom is -0.489 e. The van der Waals surface area contributed by atoms with Crippen LogP contribution in [0.25, 0.3) is 0 Å². The Hall–Kier alpha value is -2.70. The van der Waals surface area contributed by atoms with E-state index in [0.29, 0.717) is 43.0 Å². The van der Waals surface area contributed by atoms with Crippen molar-refractivity contribution < 1.29 is 13.9 Å². The van der Waals surface area contributed by atoms with Gasteiger partial charge in [-0.25, -0.2) is 9.37 Å². The summed E-state index contributed by atoms with van der Waals surface area (Å²) in [6.07, 6.45) is 6.32. The summed E-state index contributed by atoms with van der Waals surface area (Å²) in [6.45, 7) is 3.24. The van der Waals surface area contributed by atoms with Crippen LogP contribution in [0.15, 0.2) is 30.5 Å². The monoisotopic (exact) mass is 426 g/mol. The second-order valence-corrected chi connectivity index (χ2v) is 8.97. The molecule has 2 fully saturated rings. The Bertz CT molecular complexity index is 914. The number of benzene rings is 1. The van der Waals surface area contributed by atoms with Crippen LogP contribution in [0.5, 0.6) is 5.75 Å².